The predicted octanol–water partition coefficient (Wildman–Crippen LogP) is 3.72. The van der Waals surface area contributed by atoms with Crippen molar-refractivity contribution in [2.75, 3.05) is 6.54 Å². The number of hydrogen-bond acceptors (Lipinski definition) is 4. The van der Waals surface area contributed by atoms with Crippen LogP contribution in [0.3, 0.4) is 0 Å². The van der Waals surface area contributed by atoms with E-state index in [4.69, 9.17) is 0 Å². The summed E-state index contributed by atoms with van der Waals surface area (Å²) in [6, 6.07) is 0. The van der Waals surface area contributed by atoms with Crippen LogP contribution in [0.5, 0.6) is 0 Å². The first kappa shape index (κ1) is 14.4. The average molecular weight is 303 g/mol. The summed E-state index contributed by atoms with van der Waals surface area (Å²) < 4.78 is 0. The standard InChI is InChI=1S/C16H21N3OS/c1-4-5-8-17-15(20)13-9(2)12-10(3)18-14(11-6-7-11)19-16(12)21-13/h11H,4-8H2,1-3H3,(H,17,20). The molecule has 0 aromatic carbocycles. The molecule has 0 atom stereocenters. The average Bonchev–Trinajstić information content (AvgIpc) is 3.24. The maximum atomic E-state index is 12.3. The Morgan fingerprint density at radius 2 is 2.10 bits per heavy atom. The quantitative estimate of drug-likeness (QED) is 0.857. The Balaban J connectivity index is 1.94. The van der Waals surface area contributed by atoms with E-state index in [0.29, 0.717) is 5.92 Å². The van der Waals surface area contributed by atoms with Gasteiger partial charge in [0, 0.05) is 17.8 Å². The summed E-state index contributed by atoms with van der Waals surface area (Å²) in [5.74, 6) is 1.52. The number of nitrogens with zero attached hydrogens (tertiary/aromatic N) is 2. The molecule has 1 N–H and O–H groups in total. The third-order valence-electron chi connectivity index (χ3n) is 3.95. The lowest BCUT2D eigenvalue weighted by molar-refractivity contribution is 0.0957. The van der Waals surface area contributed by atoms with Gasteiger partial charge in [-0.15, -0.1) is 11.3 Å². The minimum atomic E-state index is 0.0244. The van der Waals surface area contributed by atoms with Crippen molar-refractivity contribution in [3.8, 4) is 0 Å². The van der Waals surface area contributed by atoms with Crippen molar-refractivity contribution < 1.29 is 4.79 Å². The van der Waals surface area contributed by atoms with Crippen molar-refractivity contribution in [1.82, 2.24) is 15.3 Å². The smallest absolute Gasteiger partial charge is 0.261 e. The summed E-state index contributed by atoms with van der Waals surface area (Å²) in [7, 11) is 0. The third-order valence-corrected chi connectivity index (χ3v) is 5.14. The van der Waals surface area contributed by atoms with Crippen molar-refractivity contribution in [3.63, 3.8) is 0 Å². The van der Waals surface area contributed by atoms with Crippen LogP contribution in [0.2, 0.25) is 0 Å². The second kappa shape index (κ2) is 5.72. The molecular formula is C16H21N3OS. The van der Waals surface area contributed by atoms with Gasteiger partial charge in [-0.25, -0.2) is 9.97 Å². The molecule has 3 rings (SSSR count). The van der Waals surface area contributed by atoms with Crippen molar-refractivity contribution in [1.29, 1.82) is 0 Å². The lowest BCUT2D eigenvalue weighted by atomic mass is 10.1. The number of amides is 1. The molecule has 0 radical (unpaired) electrons. The van der Waals surface area contributed by atoms with Crippen LogP contribution in [0.4, 0.5) is 0 Å². The van der Waals surface area contributed by atoms with Gasteiger partial charge in [-0.1, -0.05) is 13.3 Å². The number of rotatable bonds is 5. The molecule has 1 aliphatic rings. The minimum Gasteiger partial charge on any atom is -0.351 e. The van der Waals surface area contributed by atoms with E-state index < -0.39 is 0 Å². The molecule has 1 fully saturated rings. The van der Waals surface area contributed by atoms with Gasteiger partial charge in [0.2, 0.25) is 0 Å². The molecule has 21 heavy (non-hydrogen) atoms. The van der Waals surface area contributed by atoms with Gasteiger partial charge < -0.3 is 5.32 Å². The maximum absolute atomic E-state index is 12.3. The highest BCUT2D eigenvalue weighted by molar-refractivity contribution is 7.20. The highest BCUT2D eigenvalue weighted by Gasteiger charge is 2.28. The molecule has 1 amide bonds. The van der Waals surface area contributed by atoms with Crippen LogP contribution in [0.15, 0.2) is 0 Å². The minimum absolute atomic E-state index is 0.0244. The lowest BCUT2D eigenvalue weighted by Gasteiger charge is -2.03. The molecule has 2 aromatic rings. The largest absolute Gasteiger partial charge is 0.351 e. The second-order valence-corrected chi connectivity index (χ2v) is 6.79. The third kappa shape index (κ3) is 2.79. The van der Waals surface area contributed by atoms with Gasteiger partial charge in [-0.05, 0) is 38.7 Å². The molecule has 1 aliphatic carbocycles. The van der Waals surface area contributed by atoms with Crippen LogP contribution in [0.1, 0.15) is 65.3 Å². The fourth-order valence-electron chi connectivity index (χ4n) is 2.56. The van der Waals surface area contributed by atoms with E-state index in [1.807, 2.05) is 13.8 Å². The Labute approximate surface area is 129 Å². The van der Waals surface area contributed by atoms with Crippen LogP contribution in [0, 0.1) is 13.8 Å². The van der Waals surface area contributed by atoms with Crippen molar-refractivity contribution in [2.45, 2.75) is 52.4 Å². The highest BCUT2D eigenvalue weighted by atomic mass is 32.1. The molecule has 0 bridgehead atoms. The summed E-state index contributed by atoms with van der Waals surface area (Å²) in [4.78, 5) is 23.4. The van der Waals surface area contributed by atoms with Crippen LogP contribution in [0.25, 0.3) is 10.2 Å². The zero-order valence-electron chi connectivity index (χ0n) is 12.8. The second-order valence-electron chi connectivity index (χ2n) is 5.79. The number of carbonyl (C=O) groups excluding carboxylic acids is 1. The van der Waals surface area contributed by atoms with Gasteiger partial charge in [0.15, 0.2) is 0 Å². The Hall–Kier alpha value is -1.49. The van der Waals surface area contributed by atoms with Crippen molar-refractivity contribution in [2.24, 2.45) is 0 Å². The molecule has 2 aromatic heterocycles. The zero-order valence-corrected chi connectivity index (χ0v) is 13.6. The Morgan fingerprint density at radius 3 is 2.76 bits per heavy atom. The molecule has 112 valence electrons. The number of fused-ring (bicyclic) bond motifs is 1. The van der Waals surface area contributed by atoms with E-state index in [9.17, 15) is 4.79 Å². The van der Waals surface area contributed by atoms with Crippen LogP contribution in [-0.4, -0.2) is 22.4 Å². The zero-order chi connectivity index (χ0) is 15.0. The van der Waals surface area contributed by atoms with E-state index in [1.165, 1.54) is 24.2 Å². The normalized spacial score (nSPS) is 14.6. The molecule has 5 heteroatoms. The molecule has 0 unspecified atom stereocenters. The summed E-state index contributed by atoms with van der Waals surface area (Å²) in [6.07, 6.45) is 4.49. The van der Waals surface area contributed by atoms with E-state index in [1.54, 1.807) is 0 Å². The van der Waals surface area contributed by atoms with Gasteiger partial charge in [-0.3, -0.25) is 4.79 Å². The van der Waals surface area contributed by atoms with Gasteiger partial charge in [0.25, 0.3) is 5.91 Å². The number of hydrogen-bond donors (Lipinski definition) is 1. The molecule has 0 saturated heterocycles. The van der Waals surface area contributed by atoms with E-state index in [2.05, 4.69) is 22.2 Å². The van der Waals surface area contributed by atoms with Gasteiger partial charge >= 0.3 is 0 Å². The van der Waals surface area contributed by atoms with Crippen molar-refractivity contribution >= 4 is 27.5 Å². The fourth-order valence-corrected chi connectivity index (χ4v) is 3.71. The first-order valence-corrected chi connectivity index (χ1v) is 8.49. The number of unbranched alkanes of at least 4 members (excludes halogenated alkanes) is 1. The first-order chi connectivity index (χ1) is 10.1. The van der Waals surface area contributed by atoms with Gasteiger partial charge in [0.1, 0.15) is 10.7 Å². The predicted molar refractivity (Wildman–Crippen MR) is 86.1 cm³/mol. The molecule has 2 heterocycles. The Morgan fingerprint density at radius 1 is 1.33 bits per heavy atom. The molecule has 0 spiro atoms. The number of aromatic nitrogens is 2. The summed E-state index contributed by atoms with van der Waals surface area (Å²) in [5.41, 5.74) is 2.02. The Kier molecular flexibility index (Phi) is 3.93. The SMILES string of the molecule is CCCCNC(=O)c1sc2nc(C3CC3)nc(C)c2c1C. The summed E-state index contributed by atoms with van der Waals surface area (Å²) in [6.45, 7) is 6.88. The Bertz CT molecular complexity index is 688. The van der Waals surface area contributed by atoms with E-state index >= 15 is 0 Å². The first-order valence-electron chi connectivity index (χ1n) is 7.67. The highest BCUT2D eigenvalue weighted by Crippen LogP contribution is 2.40. The number of thiophene rings is 1. The van der Waals surface area contributed by atoms with Crippen LogP contribution >= 0.6 is 11.3 Å². The molecule has 1 saturated carbocycles. The van der Waals surface area contributed by atoms with Crippen molar-refractivity contribution in [3.05, 3.63) is 22.0 Å². The van der Waals surface area contributed by atoms with E-state index in [-0.39, 0.29) is 5.91 Å². The maximum Gasteiger partial charge on any atom is 0.261 e. The molecular weight excluding hydrogens is 282 g/mol. The van der Waals surface area contributed by atoms with Gasteiger partial charge in [-0.2, -0.15) is 0 Å². The molecule has 4 nitrogen and oxygen atoms in total. The monoisotopic (exact) mass is 303 g/mol. The van der Waals surface area contributed by atoms with Crippen LogP contribution < -0.4 is 5.32 Å². The van der Waals surface area contributed by atoms with E-state index in [0.717, 1.165) is 51.6 Å². The number of nitrogens with one attached hydrogen (secondary N) is 1. The summed E-state index contributed by atoms with van der Waals surface area (Å²) in [5, 5.41) is 4.05. The van der Waals surface area contributed by atoms with Crippen LogP contribution in [-0.2, 0) is 0 Å². The fraction of sp³-hybridized carbons (Fsp3) is 0.562. The summed E-state index contributed by atoms with van der Waals surface area (Å²) >= 11 is 1.50. The topological polar surface area (TPSA) is 54.9 Å². The van der Waals surface area contributed by atoms with Gasteiger partial charge in [0.05, 0.1) is 10.6 Å². The number of carbonyl (C=O) groups is 1. The molecule has 0 aliphatic heterocycles. The number of aryl methyl sites for hydroxylation is 2. The lowest BCUT2D eigenvalue weighted by Crippen LogP contribution is -2.23.